The Morgan fingerprint density at radius 2 is 1.56 bits per heavy atom. The van der Waals surface area contributed by atoms with Gasteiger partial charge in [0.25, 0.3) is 11.6 Å². The van der Waals surface area contributed by atoms with E-state index in [1.807, 2.05) is 0 Å². The maximum atomic E-state index is 13.4. The van der Waals surface area contributed by atoms with Crippen LogP contribution in [0.5, 0.6) is 17.2 Å². The van der Waals surface area contributed by atoms with Crippen LogP contribution < -0.4 is 14.2 Å². The third kappa shape index (κ3) is 4.70. The van der Waals surface area contributed by atoms with Crippen molar-refractivity contribution in [2.75, 3.05) is 47.5 Å². The molecule has 2 aliphatic heterocycles. The van der Waals surface area contributed by atoms with Crippen LogP contribution in [0.2, 0.25) is 0 Å². The predicted octanol–water partition coefficient (Wildman–Crippen LogP) is 2.94. The van der Waals surface area contributed by atoms with Crippen molar-refractivity contribution in [3.05, 3.63) is 52.1 Å². The van der Waals surface area contributed by atoms with Crippen molar-refractivity contribution in [2.24, 2.45) is 5.41 Å². The molecule has 2 saturated heterocycles. The van der Waals surface area contributed by atoms with Gasteiger partial charge < -0.3 is 19.1 Å². The fourth-order valence-electron chi connectivity index (χ4n) is 4.97. The second-order valence-electron chi connectivity index (χ2n) is 9.04. The van der Waals surface area contributed by atoms with Crippen molar-refractivity contribution in [2.45, 2.75) is 24.2 Å². The number of likely N-dealkylation sites (tertiary alicyclic amines) is 1. The van der Waals surface area contributed by atoms with E-state index in [2.05, 4.69) is 0 Å². The number of benzene rings is 2. The van der Waals surface area contributed by atoms with E-state index in [9.17, 15) is 23.3 Å². The first kappa shape index (κ1) is 25.7. The minimum Gasteiger partial charge on any atom is -0.497 e. The van der Waals surface area contributed by atoms with E-state index >= 15 is 0 Å². The first-order valence-corrected chi connectivity index (χ1v) is 12.9. The van der Waals surface area contributed by atoms with Crippen LogP contribution >= 0.6 is 0 Å². The average Bonchev–Trinajstić information content (AvgIpc) is 3.32. The molecular weight excluding hydrogens is 490 g/mol. The molecule has 4 rings (SSSR count). The number of nitrogens with zero attached hydrogens (tertiary/aromatic N) is 3. The van der Waals surface area contributed by atoms with Crippen LogP contribution in [-0.4, -0.2) is 76.0 Å². The van der Waals surface area contributed by atoms with Crippen LogP contribution in [0.4, 0.5) is 5.69 Å². The van der Waals surface area contributed by atoms with E-state index in [0.29, 0.717) is 49.4 Å². The molecule has 1 amide bonds. The summed E-state index contributed by atoms with van der Waals surface area (Å²) >= 11 is 0. The van der Waals surface area contributed by atoms with Gasteiger partial charge in [-0.05, 0) is 55.0 Å². The Balaban J connectivity index is 1.48. The van der Waals surface area contributed by atoms with Crippen LogP contribution in [0.15, 0.2) is 41.3 Å². The van der Waals surface area contributed by atoms with E-state index in [1.165, 1.54) is 37.8 Å². The summed E-state index contributed by atoms with van der Waals surface area (Å²) in [6.07, 6.45) is 1.88. The number of ether oxygens (including phenoxy) is 3. The lowest BCUT2D eigenvalue weighted by Crippen LogP contribution is -2.44. The quantitative estimate of drug-likeness (QED) is 0.403. The van der Waals surface area contributed by atoms with Crippen molar-refractivity contribution < 1.29 is 32.3 Å². The topological polar surface area (TPSA) is 129 Å². The SMILES string of the molecule is COc1ccc(OC)c(C(=O)N2CCC3(CC2)CCN(S(=O)(=O)c2ccc(OC)cc2[N+](=O)[O-])C3)c1. The number of methoxy groups -OCH3 is 3. The summed E-state index contributed by atoms with van der Waals surface area (Å²) in [6.45, 7) is 1.46. The molecule has 12 heteroatoms. The van der Waals surface area contributed by atoms with Gasteiger partial charge in [0.1, 0.15) is 17.2 Å². The molecule has 0 saturated carbocycles. The van der Waals surface area contributed by atoms with E-state index in [1.54, 1.807) is 23.1 Å². The van der Waals surface area contributed by atoms with Gasteiger partial charge in [-0.3, -0.25) is 14.9 Å². The molecule has 0 radical (unpaired) electrons. The molecule has 0 aromatic heterocycles. The number of rotatable bonds is 7. The summed E-state index contributed by atoms with van der Waals surface area (Å²) in [4.78, 5) is 25.5. The molecule has 0 N–H and O–H groups in total. The average molecular weight is 520 g/mol. The highest BCUT2D eigenvalue weighted by molar-refractivity contribution is 7.89. The lowest BCUT2D eigenvalue weighted by molar-refractivity contribution is -0.387. The smallest absolute Gasteiger partial charge is 0.293 e. The molecule has 2 aromatic carbocycles. The summed E-state index contributed by atoms with van der Waals surface area (Å²) in [7, 11) is 0.314. The standard InChI is InChI=1S/C24H29N3O8S/c1-33-17-4-6-21(35-3)19(14-17)23(28)25-11-8-24(9-12-25)10-13-26(16-24)36(31,32)22-7-5-18(34-2)15-20(22)27(29)30/h4-7,14-15H,8-13,16H2,1-3H3. The molecule has 0 unspecified atom stereocenters. The molecule has 2 aliphatic rings. The number of nitro groups is 1. The normalized spacial score (nSPS) is 17.7. The molecule has 1 spiro atoms. The Morgan fingerprint density at radius 3 is 2.17 bits per heavy atom. The van der Waals surface area contributed by atoms with Crippen LogP contribution in [-0.2, 0) is 10.0 Å². The zero-order valence-electron chi connectivity index (χ0n) is 20.4. The molecule has 0 aliphatic carbocycles. The first-order valence-electron chi connectivity index (χ1n) is 11.5. The second-order valence-corrected chi connectivity index (χ2v) is 10.9. The molecular formula is C24H29N3O8S. The summed E-state index contributed by atoms with van der Waals surface area (Å²) in [5.41, 5.74) is -0.387. The highest BCUT2D eigenvalue weighted by Gasteiger charge is 2.46. The number of sulfonamides is 1. The third-order valence-corrected chi connectivity index (χ3v) is 9.02. The number of carbonyl (C=O) groups is 1. The van der Waals surface area contributed by atoms with Gasteiger partial charge in [0, 0.05) is 26.2 Å². The van der Waals surface area contributed by atoms with Gasteiger partial charge in [0.2, 0.25) is 10.0 Å². The monoisotopic (exact) mass is 519 g/mol. The zero-order chi connectivity index (χ0) is 26.1. The Bertz CT molecular complexity index is 1270. The van der Waals surface area contributed by atoms with Gasteiger partial charge in [-0.2, -0.15) is 4.31 Å². The van der Waals surface area contributed by atoms with E-state index in [0.717, 1.165) is 6.07 Å². The first-order chi connectivity index (χ1) is 17.1. The molecule has 2 aromatic rings. The molecule has 36 heavy (non-hydrogen) atoms. The largest absolute Gasteiger partial charge is 0.497 e. The molecule has 11 nitrogen and oxygen atoms in total. The summed E-state index contributed by atoms with van der Waals surface area (Å²) in [5, 5.41) is 11.6. The second kappa shape index (κ2) is 9.94. The highest BCUT2D eigenvalue weighted by atomic mass is 32.2. The lowest BCUT2D eigenvalue weighted by Gasteiger charge is -2.39. The molecule has 0 bridgehead atoms. The lowest BCUT2D eigenvalue weighted by atomic mass is 9.78. The fourth-order valence-corrected chi connectivity index (χ4v) is 6.66. The number of hydrogen-bond acceptors (Lipinski definition) is 8. The van der Waals surface area contributed by atoms with Gasteiger partial charge in [0.05, 0.1) is 37.9 Å². The van der Waals surface area contributed by atoms with Gasteiger partial charge in [-0.25, -0.2) is 8.42 Å². The number of piperidine rings is 1. The number of hydrogen-bond donors (Lipinski definition) is 0. The molecule has 0 atom stereocenters. The van der Waals surface area contributed by atoms with Gasteiger partial charge in [0.15, 0.2) is 4.90 Å². The predicted molar refractivity (Wildman–Crippen MR) is 130 cm³/mol. The summed E-state index contributed by atoms with van der Waals surface area (Å²) in [5.74, 6) is 1.05. The van der Waals surface area contributed by atoms with Crippen molar-refractivity contribution >= 4 is 21.6 Å². The summed E-state index contributed by atoms with van der Waals surface area (Å²) < 4.78 is 43.7. The molecule has 194 valence electrons. The summed E-state index contributed by atoms with van der Waals surface area (Å²) in [6, 6.07) is 8.81. The van der Waals surface area contributed by atoms with Crippen molar-refractivity contribution in [1.29, 1.82) is 0 Å². The highest BCUT2D eigenvalue weighted by Crippen LogP contribution is 2.43. The van der Waals surface area contributed by atoms with Crippen molar-refractivity contribution in [3.63, 3.8) is 0 Å². The maximum absolute atomic E-state index is 13.4. The van der Waals surface area contributed by atoms with E-state index < -0.39 is 20.6 Å². The molecule has 2 fully saturated rings. The number of nitro benzene ring substituents is 1. The third-order valence-electron chi connectivity index (χ3n) is 7.13. The van der Waals surface area contributed by atoms with E-state index in [-0.39, 0.29) is 35.1 Å². The fraction of sp³-hybridized carbons (Fsp3) is 0.458. The van der Waals surface area contributed by atoms with Gasteiger partial charge in [-0.1, -0.05) is 0 Å². The Labute approximate surface area is 209 Å². The number of amides is 1. The Hall–Kier alpha value is -3.38. The van der Waals surface area contributed by atoms with Crippen LogP contribution in [0.1, 0.15) is 29.6 Å². The van der Waals surface area contributed by atoms with E-state index in [4.69, 9.17) is 14.2 Å². The number of carbonyl (C=O) groups excluding carboxylic acids is 1. The van der Waals surface area contributed by atoms with Gasteiger partial charge >= 0.3 is 0 Å². The molecule has 2 heterocycles. The van der Waals surface area contributed by atoms with Crippen LogP contribution in [0, 0.1) is 15.5 Å². The minimum absolute atomic E-state index is 0.170. The maximum Gasteiger partial charge on any atom is 0.293 e. The van der Waals surface area contributed by atoms with Crippen molar-refractivity contribution in [1.82, 2.24) is 9.21 Å². The minimum atomic E-state index is -4.08. The van der Waals surface area contributed by atoms with Crippen molar-refractivity contribution in [3.8, 4) is 17.2 Å². The van der Waals surface area contributed by atoms with Gasteiger partial charge in [-0.15, -0.1) is 0 Å². The Morgan fingerprint density at radius 1 is 0.944 bits per heavy atom. The van der Waals surface area contributed by atoms with Crippen LogP contribution in [0.3, 0.4) is 0 Å². The zero-order valence-corrected chi connectivity index (χ0v) is 21.2. The Kier molecular flexibility index (Phi) is 7.10. The van der Waals surface area contributed by atoms with Crippen LogP contribution in [0.25, 0.3) is 0 Å².